The second-order valence-corrected chi connectivity index (χ2v) is 10.7. The Kier molecular flexibility index (Phi) is 8.86. The van der Waals surface area contributed by atoms with Crippen molar-refractivity contribution in [2.45, 2.75) is 88.3 Å². The SMILES string of the molecule is CC(=O)N[C@H]1[C@@H](OC(=O)[C@H](OC(C)=O)c2ccccc2)[C@H]2OC3(CCCCC3)O[C@H]2[C@H]1OC(=S)Oc1ccccc1. The Bertz CT molecular complexity index is 1250. The zero-order valence-corrected chi connectivity index (χ0v) is 23.7. The van der Waals surface area contributed by atoms with Crippen LogP contribution in [-0.2, 0) is 38.1 Å². The highest BCUT2D eigenvalue weighted by atomic mass is 32.1. The molecule has 1 heterocycles. The first-order chi connectivity index (χ1) is 19.7. The molecule has 1 spiro atoms. The lowest BCUT2D eigenvalue weighted by Crippen LogP contribution is -2.53. The molecule has 6 atom stereocenters. The van der Waals surface area contributed by atoms with E-state index in [2.05, 4.69) is 5.32 Å². The summed E-state index contributed by atoms with van der Waals surface area (Å²) < 4.78 is 36.2. The van der Waals surface area contributed by atoms with Crippen LogP contribution in [0, 0.1) is 0 Å². The summed E-state index contributed by atoms with van der Waals surface area (Å²) in [5.41, 5.74) is 0.441. The molecule has 0 radical (unpaired) electrons. The lowest BCUT2D eigenvalue weighted by Gasteiger charge is -2.36. The molecule has 11 heteroatoms. The number of nitrogens with one attached hydrogen (secondary N) is 1. The van der Waals surface area contributed by atoms with E-state index in [4.69, 9.17) is 40.6 Å². The molecule has 10 nitrogen and oxygen atoms in total. The highest BCUT2D eigenvalue weighted by molar-refractivity contribution is 7.79. The molecule has 1 saturated heterocycles. The number of carbonyl (C=O) groups is 3. The van der Waals surface area contributed by atoms with Crippen molar-refractivity contribution in [3.63, 3.8) is 0 Å². The molecule has 2 saturated carbocycles. The van der Waals surface area contributed by atoms with E-state index < -0.39 is 54.3 Å². The first-order valence-corrected chi connectivity index (χ1v) is 14.1. The largest absolute Gasteiger partial charge is 0.454 e. The van der Waals surface area contributed by atoms with Gasteiger partial charge >= 0.3 is 17.2 Å². The van der Waals surface area contributed by atoms with Gasteiger partial charge in [0.15, 0.2) is 18.0 Å². The van der Waals surface area contributed by atoms with E-state index in [0.29, 0.717) is 24.2 Å². The van der Waals surface area contributed by atoms with Gasteiger partial charge in [0.2, 0.25) is 12.0 Å². The number of rotatable bonds is 7. The van der Waals surface area contributed by atoms with Gasteiger partial charge in [-0.3, -0.25) is 9.59 Å². The topological polar surface area (TPSA) is 119 Å². The number of carbonyl (C=O) groups excluding carboxylic acids is 3. The second kappa shape index (κ2) is 12.5. The third-order valence-electron chi connectivity index (χ3n) is 7.40. The third kappa shape index (κ3) is 6.69. The second-order valence-electron chi connectivity index (χ2n) is 10.4. The number of para-hydroxylation sites is 1. The Morgan fingerprint density at radius 1 is 0.878 bits per heavy atom. The molecule has 2 aromatic rings. The maximum atomic E-state index is 13.6. The minimum absolute atomic E-state index is 0.183. The molecule has 2 aliphatic carbocycles. The summed E-state index contributed by atoms with van der Waals surface area (Å²) in [7, 11) is 0. The van der Waals surface area contributed by atoms with Gasteiger partial charge in [-0.25, -0.2) is 4.79 Å². The normalized spacial score (nSPS) is 26.8. The summed E-state index contributed by atoms with van der Waals surface area (Å²) in [6.45, 7) is 2.56. The molecule has 1 amide bonds. The van der Waals surface area contributed by atoms with Crippen molar-refractivity contribution < 1.29 is 42.8 Å². The zero-order valence-electron chi connectivity index (χ0n) is 22.9. The molecule has 5 rings (SSSR count). The first-order valence-electron chi connectivity index (χ1n) is 13.7. The standard InChI is InChI=1S/C30H33NO9S/c1-18(32)31-22-24(37-28(34)23(35-19(2)33)20-12-6-3-7-13-20)26-27(40-30(39-26)16-10-5-11-17-30)25(22)38-29(41)36-21-14-8-4-9-15-21/h3-4,6-9,12-15,22-27H,5,10-11,16-17H2,1-2H3,(H,31,32)/t22-,23+,24+,25-,26+,27-/m0/s1. The van der Waals surface area contributed by atoms with Crippen LogP contribution in [0.25, 0.3) is 0 Å². The number of fused-ring (bicyclic) bond motifs is 1. The van der Waals surface area contributed by atoms with Gasteiger partial charge in [0, 0.05) is 44.5 Å². The number of esters is 2. The lowest BCUT2D eigenvalue weighted by atomic mass is 9.94. The number of hydrogen-bond acceptors (Lipinski definition) is 10. The first kappa shape index (κ1) is 29.0. The van der Waals surface area contributed by atoms with E-state index in [-0.39, 0.29) is 11.1 Å². The summed E-state index contributed by atoms with van der Waals surface area (Å²) in [6.07, 6.45) is -0.536. The van der Waals surface area contributed by atoms with Gasteiger partial charge in [-0.1, -0.05) is 55.0 Å². The minimum atomic E-state index is -1.32. The van der Waals surface area contributed by atoms with Crippen LogP contribution in [0.2, 0.25) is 0 Å². The summed E-state index contributed by atoms with van der Waals surface area (Å²) in [5, 5.41) is 2.65. The van der Waals surface area contributed by atoms with E-state index in [0.717, 1.165) is 19.3 Å². The molecular weight excluding hydrogens is 550 g/mol. The van der Waals surface area contributed by atoms with Crippen LogP contribution in [0.4, 0.5) is 0 Å². The third-order valence-corrected chi connectivity index (χ3v) is 7.58. The summed E-state index contributed by atoms with van der Waals surface area (Å²) >= 11 is 5.41. The van der Waals surface area contributed by atoms with Crippen LogP contribution >= 0.6 is 12.2 Å². The average molecular weight is 584 g/mol. The van der Waals surface area contributed by atoms with Crippen LogP contribution in [0.5, 0.6) is 5.75 Å². The van der Waals surface area contributed by atoms with E-state index in [1.807, 2.05) is 6.07 Å². The maximum absolute atomic E-state index is 13.6. The fourth-order valence-corrected chi connectivity index (χ4v) is 5.94. The molecule has 3 aliphatic rings. The summed E-state index contributed by atoms with van der Waals surface area (Å²) in [6, 6.07) is 16.6. The Morgan fingerprint density at radius 2 is 1.46 bits per heavy atom. The average Bonchev–Trinajstić information content (AvgIpc) is 3.41. The van der Waals surface area contributed by atoms with E-state index in [1.165, 1.54) is 13.8 Å². The van der Waals surface area contributed by atoms with Crippen LogP contribution < -0.4 is 10.1 Å². The lowest BCUT2D eigenvalue weighted by molar-refractivity contribution is -0.220. The van der Waals surface area contributed by atoms with E-state index in [1.54, 1.807) is 54.6 Å². The van der Waals surface area contributed by atoms with Gasteiger partial charge in [0.25, 0.3) is 0 Å². The van der Waals surface area contributed by atoms with Crippen molar-refractivity contribution in [1.82, 2.24) is 5.32 Å². The maximum Gasteiger partial charge on any atom is 0.358 e. The summed E-state index contributed by atoms with van der Waals surface area (Å²) in [4.78, 5) is 37.8. The Balaban J connectivity index is 1.44. The van der Waals surface area contributed by atoms with Crippen LogP contribution in [-0.4, -0.2) is 59.3 Å². The van der Waals surface area contributed by atoms with Crippen molar-refractivity contribution >= 4 is 35.3 Å². The Morgan fingerprint density at radius 3 is 2.05 bits per heavy atom. The van der Waals surface area contributed by atoms with Crippen LogP contribution in [0.15, 0.2) is 60.7 Å². The smallest absolute Gasteiger partial charge is 0.358 e. The predicted molar refractivity (Wildman–Crippen MR) is 149 cm³/mol. The van der Waals surface area contributed by atoms with Crippen LogP contribution in [0.1, 0.15) is 57.6 Å². The highest BCUT2D eigenvalue weighted by Gasteiger charge is 2.64. The molecule has 1 aliphatic heterocycles. The highest BCUT2D eigenvalue weighted by Crippen LogP contribution is 2.47. The number of amides is 1. The fourth-order valence-electron chi connectivity index (χ4n) is 5.73. The van der Waals surface area contributed by atoms with Gasteiger partial charge in [-0.15, -0.1) is 0 Å². The molecule has 0 unspecified atom stereocenters. The van der Waals surface area contributed by atoms with Crippen LogP contribution in [0.3, 0.4) is 0 Å². The van der Waals surface area contributed by atoms with Gasteiger partial charge < -0.3 is 33.7 Å². The molecule has 0 bridgehead atoms. The quantitative estimate of drug-likeness (QED) is 0.380. The van der Waals surface area contributed by atoms with Gasteiger partial charge in [0.05, 0.1) is 0 Å². The molecule has 1 N–H and O–H groups in total. The van der Waals surface area contributed by atoms with Crippen molar-refractivity contribution in [2.24, 2.45) is 0 Å². The predicted octanol–water partition coefficient (Wildman–Crippen LogP) is 3.91. The van der Waals surface area contributed by atoms with E-state index in [9.17, 15) is 14.4 Å². The zero-order chi connectivity index (χ0) is 29.0. The Hall–Kier alpha value is -3.54. The van der Waals surface area contributed by atoms with Gasteiger partial charge in [-0.2, -0.15) is 0 Å². The summed E-state index contributed by atoms with van der Waals surface area (Å²) in [5.74, 6) is -2.23. The minimum Gasteiger partial charge on any atom is -0.454 e. The molecule has 2 aromatic carbocycles. The number of hydrogen-bond donors (Lipinski definition) is 1. The molecule has 0 aromatic heterocycles. The molecular formula is C30H33NO9S. The van der Waals surface area contributed by atoms with Crippen molar-refractivity contribution in [1.29, 1.82) is 0 Å². The Labute approximate surface area is 243 Å². The number of thiocarbonyl (C=S) groups is 1. The monoisotopic (exact) mass is 583 g/mol. The van der Waals surface area contributed by atoms with Gasteiger partial charge in [-0.05, 0) is 25.0 Å². The van der Waals surface area contributed by atoms with E-state index >= 15 is 0 Å². The number of ether oxygens (including phenoxy) is 6. The molecule has 41 heavy (non-hydrogen) atoms. The number of benzene rings is 2. The van der Waals surface area contributed by atoms with Crippen molar-refractivity contribution in [2.75, 3.05) is 0 Å². The van der Waals surface area contributed by atoms with Crippen molar-refractivity contribution in [3.8, 4) is 5.75 Å². The fraction of sp³-hybridized carbons (Fsp3) is 0.467. The van der Waals surface area contributed by atoms with Gasteiger partial charge in [0.1, 0.15) is 24.0 Å². The molecule has 218 valence electrons. The molecule has 3 fully saturated rings. The van der Waals surface area contributed by atoms with Crippen molar-refractivity contribution in [3.05, 3.63) is 66.2 Å².